The van der Waals surface area contributed by atoms with E-state index in [1.165, 1.54) is 6.26 Å². The third-order valence-electron chi connectivity index (χ3n) is 5.06. The molecule has 4 N–H and O–H groups in total. The first kappa shape index (κ1) is 22.1. The zero-order valence-corrected chi connectivity index (χ0v) is 17.8. The van der Waals surface area contributed by atoms with Gasteiger partial charge in [-0.3, -0.25) is 9.59 Å². The van der Waals surface area contributed by atoms with Crippen LogP contribution in [-0.2, 0) is 4.74 Å². The van der Waals surface area contributed by atoms with Crippen LogP contribution in [0.4, 0.5) is 21.9 Å². The first-order valence-corrected chi connectivity index (χ1v) is 10.6. The molecule has 2 heterocycles. The van der Waals surface area contributed by atoms with Crippen LogP contribution < -0.4 is 21.3 Å². The van der Waals surface area contributed by atoms with Crippen molar-refractivity contribution >= 4 is 34.9 Å². The Kier molecular flexibility index (Phi) is 7.01. The predicted octanol–water partition coefficient (Wildman–Crippen LogP) is 4.08. The zero-order chi connectivity index (χ0) is 23.0. The summed E-state index contributed by atoms with van der Waals surface area (Å²) in [6.45, 7) is 1.22. The van der Waals surface area contributed by atoms with Crippen molar-refractivity contribution in [3.8, 4) is 0 Å². The second kappa shape index (κ2) is 10.5. The van der Waals surface area contributed by atoms with E-state index in [4.69, 9.17) is 9.15 Å². The summed E-state index contributed by atoms with van der Waals surface area (Å²) in [5.41, 5.74) is 2.16. The van der Waals surface area contributed by atoms with Crippen molar-refractivity contribution in [1.82, 2.24) is 5.32 Å². The summed E-state index contributed by atoms with van der Waals surface area (Å²) in [7, 11) is 0. The van der Waals surface area contributed by atoms with Crippen LogP contribution in [0, 0.1) is 0 Å². The number of ether oxygens (including phenoxy) is 1. The van der Waals surface area contributed by atoms with Gasteiger partial charge in [0.1, 0.15) is 0 Å². The number of carbonyl (C=O) groups is 3. The van der Waals surface area contributed by atoms with Gasteiger partial charge < -0.3 is 30.4 Å². The van der Waals surface area contributed by atoms with Crippen molar-refractivity contribution < 1.29 is 23.5 Å². The van der Waals surface area contributed by atoms with Crippen LogP contribution in [0.5, 0.6) is 0 Å². The summed E-state index contributed by atoms with van der Waals surface area (Å²) in [6, 6.07) is 16.2. The Hall–Kier alpha value is -4.11. The lowest BCUT2D eigenvalue weighted by Crippen LogP contribution is -2.35. The molecule has 1 aromatic heterocycles. The van der Waals surface area contributed by atoms with Crippen LogP contribution in [0.25, 0.3) is 0 Å². The van der Waals surface area contributed by atoms with E-state index in [-0.39, 0.29) is 29.7 Å². The second-order valence-electron chi connectivity index (χ2n) is 7.51. The number of carbonyl (C=O) groups excluding carboxylic acids is 3. The number of hydrogen-bond donors (Lipinski definition) is 4. The maximum atomic E-state index is 12.5. The van der Waals surface area contributed by atoms with Crippen molar-refractivity contribution in [2.75, 3.05) is 29.1 Å². The first-order valence-electron chi connectivity index (χ1n) is 10.6. The topological polar surface area (TPSA) is 122 Å². The third-order valence-corrected chi connectivity index (χ3v) is 5.06. The molecule has 3 aromatic rings. The van der Waals surface area contributed by atoms with Gasteiger partial charge in [-0.15, -0.1) is 0 Å². The number of rotatable bonds is 7. The fraction of sp³-hybridized carbons (Fsp3) is 0.208. The van der Waals surface area contributed by atoms with E-state index in [2.05, 4.69) is 21.3 Å². The quantitative estimate of drug-likeness (QED) is 0.434. The lowest BCUT2D eigenvalue weighted by Gasteiger charge is -2.12. The summed E-state index contributed by atoms with van der Waals surface area (Å²) in [5, 5.41) is 11.0. The summed E-state index contributed by atoms with van der Waals surface area (Å²) in [5.74, 6) is -0.463. The van der Waals surface area contributed by atoms with Crippen LogP contribution in [0.3, 0.4) is 0 Å². The largest absolute Gasteiger partial charge is 0.459 e. The van der Waals surface area contributed by atoms with Crippen molar-refractivity contribution in [3.63, 3.8) is 0 Å². The molecule has 1 saturated heterocycles. The van der Waals surface area contributed by atoms with Crippen molar-refractivity contribution in [2.45, 2.75) is 18.9 Å². The summed E-state index contributed by atoms with van der Waals surface area (Å²) in [4.78, 5) is 36.5. The molecule has 9 nitrogen and oxygen atoms in total. The van der Waals surface area contributed by atoms with Gasteiger partial charge in [0.2, 0.25) is 0 Å². The van der Waals surface area contributed by atoms with Gasteiger partial charge in [-0.05, 0) is 73.5 Å². The zero-order valence-electron chi connectivity index (χ0n) is 17.8. The minimum atomic E-state index is -0.369. The highest BCUT2D eigenvalue weighted by Crippen LogP contribution is 2.17. The molecule has 9 heteroatoms. The highest BCUT2D eigenvalue weighted by Gasteiger charge is 2.16. The Labute approximate surface area is 190 Å². The first-order chi connectivity index (χ1) is 16.1. The second-order valence-corrected chi connectivity index (χ2v) is 7.51. The Morgan fingerprint density at radius 2 is 1.45 bits per heavy atom. The van der Waals surface area contributed by atoms with Crippen LogP contribution in [0.15, 0.2) is 71.3 Å². The molecule has 33 heavy (non-hydrogen) atoms. The van der Waals surface area contributed by atoms with Gasteiger partial charge >= 0.3 is 6.03 Å². The van der Waals surface area contributed by atoms with Crippen LogP contribution in [-0.4, -0.2) is 37.1 Å². The molecule has 0 saturated carbocycles. The Morgan fingerprint density at radius 3 is 2.06 bits per heavy atom. The maximum absolute atomic E-state index is 12.5. The lowest BCUT2D eigenvalue weighted by atomic mass is 10.2. The Bertz CT molecular complexity index is 1090. The van der Waals surface area contributed by atoms with Gasteiger partial charge in [-0.25, -0.2) is 4.79 Å². The van der Waals surface area contributed by atoms with Gasteiger partial charge in [-0.1, -0.05) is 0 Å². The van der Waals surface area contributed by atoms with E-state index in [0.717, 1.165) is 19.4 Å². The van der Waals surface area contributed by atoms with E-state index in [1.54, 1.807) is 60.7 Å². The smallest absolute Gasteiger partial charge is 0.319 e. The Balaban J connectivity index is 1.25. The molecule has 0 spiro atoms. The maximum Gasteiger partial charge on any atom is 0.319 e. The summed E-state index contributed by atoms with van der Waals surface area (Å²) < 4.78 is 10.5. The molecule has 1 aliphatic heterocycles. The van der Waals surface area contributed by atoms with E-state index in [0.29, 0.717) is 29.2 Å². The molecule has 0 radical (unpaired) electrons. The molecule has 1 fully saturated rings. The van der Waals surface area contributed by atoms with Gasteiger partial charge in [0.15, 0.2) is 5.76 Å². The predicted molar refractivity (Wildman–Crippen MR) is 123 cm³/mol. The summed E-state index contributed by atoms with van der Waals surface area (Å²) in [6.07, 6.45) is 3.48. The number of hydrogen-bond acceptors (Lipinski definition) is 5. The minimum absolute atomic E-state index is 0.0784. The summed E-state index contributed by atoms with van der Waals surface area (Å²) >= 11 is 0. The van der Waals surface area contributed by atoms with Crippen molar-refractivity contribution in [3.05, 3.63) is 78.3 Å². The van der Waals surface area contributed by atoms with Crippen LogP contribution in [0.2, 0.25) is 0 Å². The van der Waals surface area contributed by atoms with Crippen molar-refractivity contribution in [1.29, 1.82) is 0 Å². The lowest BCUT2D eigenvalue weighted by molar-refractivity contribution is 0.0995. The van der Waals surface area contributed by atoms with Gasteiger partial charge in [0.05, 0.1) is 12.4 Å². The molecule has 1 unspecified atom stereocenters. The number of anilines is 3. The van der Waals surface area contributed by atoms with E-state index >= 15 is 0 Å². The molecule has 170 valence electrons. The Morgan fingerprint density at radius 1 is 0.818 bits per heavy atom. The van der Waals surface area contributed by atoms with E-state index < -0.39 is 0 Å². The van der Waals surface area contributed by atoms with Gasteiger partial charge in [0.25, 0.3) is 11.8 Å². The standard InChI is InChI=1S/C24H24N4O5/c29-22(16-5-7-17(8-6-16)27-23(30)21-4-2-14-33-21)26-18-9-11-19(12-10-18)28-24(31)25-15-20-3-1-13-32-20/h2,4-12,14,20H,1,3,13,15H2,(H,26,29)(H,27,30)(H2,25,28,31). The van der Waals surface area contributed by atoms with Gasteiger partial charge in [0, 0.05) is 35.8 Å². The number of urea groups is 1. The molecule has 0 bridgehead atoms. The number of amides is 4. The molecule has 4 amide bonds. The minimum Gasteiger partial charge on any atom is -0.459 e. The SMILES string of the molecule is O=C(NCC1CCCO1)Nc1ccc(NC(=O)c2ccc(NC(=O)c3ccco3)cc2)cc1. The fourth-order valence-corrected chi connectivity index (χ4v) is 3.33. The average molecular weight is 448 g/mol. The molecular formula is C24H24N4O5. The van der Waals surface area contributed by atoms with Crippen LogP contribution in [0.1, 0.15) is 33.8 Å². The molecule has 2 aromatic carbocycles. The normalized spacial score (nSPS) is 15.0. The molecule has 1 aliphatic rings. The van der Waals surface area contributed by atoms with Crippen LogP contribution >= 0.6 is 0 Å². The highest BCUT2D eigenvalue weighted by atomic mass is 16.5. The molecular weight excluding hydrogens is 424 g/mol. The average Bonchev–Trinajstić information content (AvgIpc) is 3.54. The fourth-order valence-electron chi connectivity index (χ4n) is 3.33. The molecule has 0 aliphatic carbocycles. The molecule has 1 atom stereocenters. The number of nitrogens with one attached hydrogen (secondary N) is 4. The van der Waals surface area contributed by atoms with Crippen molar-refractivity contribution in [2.24, 2.45) is 0 Å². The number of furan rings is 1. The highest BCUT2D eigenvalue weighted by molar-refractivity contribution is 6.05. The number of benzene rings is 2. The van der Waals surface area contributed by atoms with E-state index in [9.17, 15) is 14.4 Å². The monoisotopic (exact) mass is 448 g/mol. The van der Waals surface area contributed by atoms with E-state index in [1.807, 2.05) is 0 Å². The molecule has 4 rings (SSSR count). The third kappa shape index (κ3) is 6.20. The van der Waals surface area contributed by atoms with Gasteiger partial charge in [-0.2, -0.15) is 0 Å².